The van der Waals surface area contributed by atoms with Crippen LogP contribution in [0, 0.1) is 0 Å². The van der Waals surface area contributed by atoms with Gasteiger partial charge in [0.15, 0.2) is 0 Å². The molecule has 1 N–H and O–H groups in total. The van der Waals surface area contributed by atoms with Crippen LogP contribution in [0.4, 0.5) is 8.78 Å². The molecule has 1 aromatic rings. The molecule has 1 nitrogen and oxygen atoms in total. The molecule has 0 radical (unpaired) electrons. The van der Waals surface area contributed by atoms with E-state index in [0.29, 0.717) is 0 Å². The van der Waals surface area contributed by atoms with Crippen molar-refractivity contribution in [2.45, 2.75) is 38.2 Å². The van der Waals surface area contributed by atoms with Crippen molar-refractivity contribution < 1.29 is 8.78 Å². The molecule has 0 unspecified atom stereocenters. The van der Waals surface area contributed by atoms with E-state index >= 15 is 0 Å². The first-order valence-electron chi connectivity index (χ1n) is 5.71. The highest BCUT2D eigenvalue weighted by molar-refractivity contribution is 5.25. The van der Waals surface area contributed by atoms with Gasteiger partial charge in [-0.3, -0.25) is 0 Å². The zero-order chi connectivity index (χ0) is 11.6. The summed E-state index contributed by atoms with van der Waals surface area (Å²) in [5.41, 5.74) is 1.38. The van der Waals surface area contributed by atoms with Crippen LogP contribution in [0.2, 0.25) is 0 Å². The van der Waals surface area contributed by atoms with E-state index in [-0.39, 0.29) is 11.1 Å². The minimum absolute atomic E-state index is 0.105. The SMILES string of the molecule is C[C@@]1(Cc2ccc(C(F)F)cc2)CCCN1. The Balaban J connectivity index is 2.05. The van der Waals surface area contributed by atoms with Crippen LogP contribution < -0.4 is 5.32 Å². The van der Waals surface area contributed by atoms with Gasteiger partial charge in [-0.25, -0.2) is 8.78 Å². The van der Waals surface area contributed by atoms with Crippen LogP contribution in [0.5, 0.6) is 0 Å². The Morgan fingerprint density at radius 3 is 2.50 bits per heavy atom. The molecule has 1 heterocycles. The molecule has 3 heteroatoms. The fourth-order valence-electron chi connectivity index (χ4n) is 2.34. The quantitative estimate of drug-likeness (QED) is 0.832. The van der Waals surface area contributed by atoms with Crippen LogP contribution in [0.15, 0.2) is 24.3 Å². The third-order valence-corrected chi connectivity index (χ3v) is 3.28. The summed E-state index contributed by atoms with van der Waals surface area (Å²) in [6.07, 6.45) is 0.903. The van der Waals surface area contributed by atoms with Gasteiger partial charge in [0.2, 0.25) is 0 Å². The summed E-state index contributed by atoms with van der Waals surface area (Å²) < 4.78 is 24.7. The predicted molar refractivity (Wildman–Crippen MR) is 60.7 cm³/mol. The molecule has 0 aliphatic carbocycles. The fourth-order valence-corrected chi connectivity index (χ4v) is 2.34. The number of hydrogen-bond donors (Lipinski definition) is 1. The molecule has 1 atom stereocenters. The lowest BCUT2D eigenvalue weighted by Gasteiger charge is -2.24. The minimum Gasteiger partial charge on any atom is -0.311 e. The molecule has 1 fully saturated rings. The molecule has 0 spiro atoms. The monoisotopic (exact) mass is 225 g/mol. The number of hydrogen-bond acceptors (Lipinski definition) is 1. The van der Waals surface area contributed by atoms with Crippen molar-refractivity contribution in [3.8, 4) is 0 Å². The maximum atomic E-state index is 12.4. The van der Waals surface area contributed by atoms with Gasteiger partial charge in [-0.15, -0.1) is 0 Å². The second-order valence-electron chi connectivity index (χ2n) is 4.81. The van der Waals surface area contributed by atoms with Gasteiger partial charge >= 0.3 is 0 Å². The van der Waals surface area contributed by atoms with Gasteiger partial charge in [-0.05, 0) is 38.3 Å². The second-order valence-corrected chi connectivity index (χ2v) is 4.81. The second kappa shape index (κ2) is 4.50. The first-order chi connectivity index (χ1) is 7.59. The number of halogens is 2. The summed E-state index contributed by atoms with van der Waals surface area (Å²) in [7, 11) is 0. The normalized spacial score (nSPS) is 25.2. The number of benzene rings is 1. The predicted octanol–water partition coefficient (Wildman–Crippen LogP) is 3.31. The van der Waals surface area contributed by atoms with Crippen LogP contribution in [0.3, 0.4) is 0 Å². The summed E-state index contributed by atoms with van der Waals surface area (Å²) in [6.45, 7) is 3.26. The molecule has 0 aromatic heterocycles. The summed E-state index contributed by atoms with van der Waals surface area (Å²) in [5, 5.41) is 3.47. The summed E-state index contributed by atoms with van der Waals surface area (Å²) in [6, 6.07) is 6.68. The number of nitrogens with one attached hydrogen (secondary N) is 1. The third-order valence-electron chi connectivity index (χ3n) is 3.28. The highest BCUT2D eigenvalue weighted by Gasteiger charge is 2.27. The summed E-state index contributed by atoms with van der Waals surface area (Å²) in [5.74, 6) is 0. The zero-order valence-electron chi connectivity index (χ0n) is 9.47. The van der Waals surface area contributed by atoms with E-state index in [0.717, 1.165) is 24.9 Å². The Morgan fingerprint density at radius 2 is 2.00 bits per heavy atom. The van der Waals surface area contributed by atoms with E-state index in [9.17, 15) is 8.78 Å². The molecule has 16 heavy (non-hydrogen) atoms. The number of alkyl halides is 2. The first-order valence-corrected chi connectivity index (χ1v) is 5.71. The fraction of sp³-hybridized carbons (Fsp3) is 0.538. The van der Waals surface area contributed by atoms with Crippen molar-refractivity contribution in [3.05, 3.63) is 35.4 Å². The van der Waals surface area contributed by atoms with E-state index in [2.05, 4.69) is 12.2 Å². The van der Waals surface area contributed by atoms with E-state index < -0.39 is 6.43 Å². The average molecular weight is 225 g/mol. The van der Waals surface area contributed by atoms with E-state index in [1.54, 1.807) is 0 Å². The van der Waals surface area contributed by atoms with Crippen molar-refractivity contribution in [2.75, 3.05) is 6.54 Å². The maximum Gasteiger partial charge on any atom is 0.263 e. The molecular weight excluding hydrogens is 208 g/mol. The molecule has 1 saturated heterocycles. The lowest BCUT2D eigenvalue weighted by atomic mass is 9.91. The minimum atomic E-state index is -2.37. The topological polar surface area (TPSA) is 12.0 Å². The Kier molecular flexibility index (Phi) is 3.24. The Labute approximate surface area is 94.9 Å². The van der Waals surface area contributed by atoms with Crippen molar-refractivity contribution in [1.29, 1.82) is 0 Å². The Morgan fingerprint density at radius 1 is 1.31 bits per heavy atom. The molecule has 1 aliphatic heterocycles. The molecule has 88 valence electrons. The van der Waals surface area contributed by atoms with Gasteiger partial charge in [0.05, 0.1) is 0 Å². The standard InChI is InChI=1S/C13H17F2N/c1-13(7-2-8-16-13)9-10-3-5-11(6-4-10)12(14)15/h3-6,12,16H,2,7-9H2,1H3/t13-/m0/s1. The Bertz CT molecular complexity index is 339. The van der Waals surface area contributed by atoms with Gasteiger partial charge in [-0.1, -0.05) is 24.3 Å². The van der Waals surface area contributed by atoms with Crippen LogP contribution in [0.25, 0.3) is 0 Å². The first kappa shape index (κ1) is 11.5. The molecule has 0 saturated carbocycles. The van der Waals surface area contributed by atoms with Crippen LogP contribution in [-0.4, -0.2) is 12.1 Å². The van der Waals surface area contributed by atoms with Gasteiger partial charge in [0.25, 0.3) is 6.43 Å². The lowest BCUT2D eigenvalue weighted by molar-refractivity contribution is 0.151. The summed E-state index contributed by atoms with van der Waals surface area (Å²) >= 11 is 0. The molecular formula is C13H17F2N. The van der Waals surface area contributed by atoms with Gasteiger partial charge in [0, 0.05) is 11.1 Å². The maximum absolute atomic E-state index is 12.4. The molecule has 2 rings (SSSR count). The van der Waals surface area contributed by atoms with Crippen LogP contribution >= 0.6 is 0 Å². The molecule has 0 amide bonds. The highest BCUT2D eigenvalue weighted by Crippen LogP contribution is 2.25. The van der Waals surface area contributed by atoms with Crippen LogP contribution in [-0.2, 0) is 6.42 Å². The molecule has 1 aromatic carbocycles. The average Bonchev–Trinajstić information content (AvgIpc) is 2.65. The van der Waals surface area contributed by atoms with Crippen molar-refractivity contribution in [2.24, 2.45) is 0 Å². The molecule has 0 bridgehead atoms. The van der Waals surface area contributed by atoms with Gasteiger partial charge in [-0.2, -0.15) is 0 Å². The largest absolute Gasteiger partial charge is 0.311 e. The number of rotatable bonds is 3. The van der Waals surface area contributed by atoms with Gasteiger partial charge in [0.1, 0.15) is 0 Å². The van der Waals surface area contributed by atoms with Crippen molar-refractivity contribution >= 4 is 0 Å². The zero-order valence-corrected chi connectivity index (χ0v) is 9.47. The van der Waals surface area contributed by atoms with Crippen molar-refractivity contribution in [3.63, 3.8) is 0 Å². The summed E-state index contributed by atoms with van der Waals surface area (Å²) in [4.78, 5) is 0. The van der Waals surface area contributed by atoms with Crippen molar-refractivity contribution in [1.82, 2.24) is 5.32 Å². The van der Waals surface area contributed by atoms with Crippen LogP contribution in [0.1, 0.15) is 37.3 Å². The Hall–Kier alpha value is -0.960. The lowest BCUT2D eigenvalue weighted by Crippen LogP contribution is -2.38. The van der Waals surface area contributed by atoms with Gasteiger partial charge < -0.3 is 5.32 Å². The smallest absolute Gasteiger partial charge is 0.263 e. The highest BCUT2D eigenvalue weighted by atomic mass is 19.3. The third kappa shape index (κ3) is 2.59. The van der Waals surface area contributed by atoms with E-state index in [4.69, 9.17) is 0 Å². The van der Waals surface area contributed by atoms with E-state index in [1.807, 2.05) is 12.1 Å². The molecule has 1 aliphatic rings. The van der Waals surface area contributed by atoms with E-state index in [1.165, 1.54) is 18.6 Å².